The molecule has 0 radical (unpaired) electrons. The zero-order valence-electron chi connectivity index (χ0n) is 38.2. The summed E-state index contributed by atoms with van der Waals surface area (Å²) in [5, 5.41) is 24.2. The van der Waals surface area contributed by atoms with Crippen LogP contribution in [0.5, 0.6) is 0 Å². The maximum atomic E-state index is 10.2. The van der Waals surface area contributed by atoms with E-state index in [9.17, 15) is 10.5 Å². The lowest BCUT2D eigenvalue weighted by Crippen LogP contribution is -2.04. The van der Waals surface area contributed by atoms with Gasteiger partial charge in [-0.2, -0.15) is 10.5 Å². The number of para-hydroxylation sites is 2. The van der Waals surface area contributed by atoms with E-state index in [-0.39, 0.29) is 0 Å². The number of nitriles is 2. The largest absolute Gasteiger partial charge is 0.308 e. The summed E-state index contributed by atoms with van der Waals surface area (Å²) in [7, 11) is 0. The highest BCUT2D eigenvalue weighted by molar-refractivity contribution is 6.15. The highest BCUT2D eigenvalue weighted by Crippen LogP contribution is 2.46. The van der Waals surface area contributed by atoms with Crippen molar-refractivity contribution in [2.24, 2.45) is 0 Å². The Balaban J connectivity index is 1.22. The highest BCUT2D eigenvalue weighted by Gasteiger charge is 2.24. The zero-order chi connectivity index (χ0) is 48.9. The van der Waals surface area contributed by atoms with Gasteiger partial charge in [-0.3, -0.25) is 4.98 Å². The van der Waals surface area contributed by atoms with E-state index < -0.39 is 0 Å². The molecule has 0 atom stereocenters. The molecule has 0 unspecified atom stereocenters. The Labute approximate surface area is 414 Å². The van der Waals surface area contributed by atoms with Crippen LogP contribution < -0.4 is 0 Å². The average Bonchev–Trinajstić information content (AvgIpc) is 3.95. The second-order valence-electron chi connectivity index (χ2n) is 17.4. The summed E-state index contributed by atoms with van der Waals surface area (Å²) in [6.07, 6.45) is 3.47. The van der Waals surface area contributed by atoms with Crippen molar-refractivity contribution in [1.29, 1.82) is 10.5 Å². The molecule has 0 saturated heterocycles. The van der Waals surface area contributed by atoms with Gasteiger partial charge in [-0.25, -0.2) is 14.5 Å². The summed E-state index contributed by atoms with van der Waals surface area (Å²) < 4.78 is 4.49. The highest BCUT2D eigenvalue weighted by atomic mass is 15.1. The van der Waals surface area contributed by atoms with E-state index in [1.54, 1.807) is 12.4 Å². The van der Waals surface area contributed by atoms with Gasteiger partial charge in [-0.05, 0) is 141 Å². The van der Waals surface area contributed by atoms with E-state index in [0.29, 0.717) is 28.2 Å². The molecule has 8 heteroatoms. The normalized spacial score (nSPS) is 11.0. The van der Waals surface area contributed by atoms with Crippen LogP contribution in [0.25, 0.3) is 125 Å². The summed E-state index contributed by atoms with van der Waals surface area (Å²) in [6, 6.07) is 68.4. The third kappa shape index (κ3) is 6.84. The molecule has 0 aliphatic heterocycles. The van der Waals surface area contributed by atoms with Crippen molar-refractivity contribution in [3.8, 4) is 79.1 Å². The molecule has 0 aliphatic carbocycles. The van der Waals surface area contributed by atoms with Crippen molar-refractivity contribution in [1.82, 2.24) is 14.1 Å². The SMILES string of the molecule is [C-]#[N+]c1ccccc1-c1ccc2c(c1)c1cc(-c3ccccc3C#N)ccc1n2-c1cc([N+]#[C-])c(-c2ccncc2)cc1-n1c2ccc(-c3ccccc3C#N)cc2c2cc(-c3ccccc3[N+]#[C-])ccc21. The molecule has 0 saturated carbocycles. The summed E-state index contributed by atoms with van der Waals surface area (Å²) >= 11 is 0. The fraction of sp³-hybridized carbons (Fsp3) is 0. The van der Waals surface area contributed by atoms with Gasteiger partial charge in [0.2, 0.25) is 0 Å². The van der Waals surface area contributed by atoms with Gasteiger partial charge in [0.15, 0.2) is 17.1 Å². The number of rotatable bonds is 7. The Morgan fingerprint density at radius 2 is 0.708 bits per heavy atom. The van der Waals surface area contributed by atoms with Crippen LogP contribution >= 0.6 is 0 Å². The maximum absolute atomic E-state index is 10.2. The number of hydrogen-bond acceptors (Lipinski definition) is 3. The molecule has 3 aromatic heterocycles. The Kier molecular flexibility index (Phi) is 10.3. The predicted molar refractivity (Wildman–Crippen MR) is 288 cm³/mol. The van der Waals surface area contributed by atoms with Gasteiger partial charge in [0, 0.05) is 33.9 Å². The van der Waals surface area contributed by atoms with Gasteiger partial charge >= 0.3 is 0 Å². The van der Waals surface area contributed by atoms with E-state index >= 15 is 0 Å². The average molecular weight is 915 g/mol. The van der Waals surface area contributed by atoms with E-state index in [1.807, 2.05) is 121 Å². The molecule has 9 aromatic carbocycles. The Hall–Kier alpha value is -10.8. The molecule has 12 rings (SSSR count). The van der Waals surface area contributed by atoms with Crippen LogP contribution in [0.15, 0.2) is 207 Å². The van der Waals surface area contributed by atoms with Crippen LogP contribution in [0, 0.1) is 42.4 Å². The van der Waals surface area contributed by atoms with Crippen LogP contribution in [0.2, 0.25) is 0 Å². The molecule has 0 fully saturated rings. The molecule has 72 heavy (non-hydrogen) atoms. The van der Waals surface area contributed by atoms with Crippen molar-refractivity contribution in [3.63, 3.8) is 0 Å². The minimum absolute atomic E-state index is 0.450. The number of nitrogens with zero attached hydrogens (tertiary/aromatic N) is 8. The summed E-state index contributed by atoms with van der Waals surface area (Å²) in [5.74, 6) is 0. The number of aromatic nitrogens is 3. The zero-order valence-corrected chi connectivity index (χ0v) is 38.2. The van der Waals surface area contributed by atoms with Crippen LogP contribution in [0.1, 0.15) is 11.1 Å². The van der Waals surface area contributed by atoms with Crippen molar-refractivity contribution >= 4 is 60.7 Å². The van der Waals surface area contributed by atoms with E-state index in [4.69, 9.17) is 19.7 Å². The minimum Gasteiger partial charge on any atom is -0.308 e. The number of fused-ring (bicyclic) bond motifs is 6. The third-order valence-electron chi connectivity index (χ3n) is 13.6. The third-order valence-corrected chi connectivity index (χ3v) is 13.6. The number of hydrogen-bond donors (Lipinski definition) is 0. The second-order valence-corrected chi connectivity index (χ2v) is 17.4. The number of pyridine rings is 1. The molecule has 0 amide bonds. The van der Waals surface area contributed by atoms with Gasteiger partial charge in [0.25, 0.3) is 0 Å². The van der Waals surface area contributed by atoms with E-state index in [0.717, 1.165) is 111 Å². The van der Waals surface area contributed by atoms with Crippen LogP contribution in [-0.4, -0.2) is 14.1 Å². The van der Waals surface area contributed by atoms with Gasteiger partial charge < -0.3 is 9.13 Å². The van der Waals surface area contributed by atoms with Crippen molar-refractivity contribution in [2.45, 2.75) is 0 Å². The smallest absolute Gasteiger partial charge is 0.197 e. The lowest BCUT2D eigenvalue weighted by Gasteiger charge is -2.20. The van der Waals surface area contributed by atoms with Crippen molar-refractivity contribution in [3.05, 3.63) is 252 Å². The Bertz CT molecular complexity index is 4230. The first-order chi connectivity index (χ1) is 35.5. The summed E-state index contributed by atoms with van der Waals surface area (Å²) in [4.78, 5) is 16.3. The number of benzene rings is 9. The fourth-order valence-corrected chi connectivity index (χ4v) is 10.3. The summed E-state index contributed by atoms with van der Waals surface area (Å²) in [6.45, 7) is 24.7. The first-order valence-corrected chi connectivity index (χ1v) is 23.1. The predicted octanol–water partition coefficient (Wildman–Crippen LogP) is 17.0. The molecular weight excluding hydrogens is 881 g/mol. The molecule has 12 aromatic rings. The quantitative estimate of drug-likeness (QED) is 0.149. The van der Waals surface area contributed by atoms with Crippen LogP contribution in [0.3, 0.4) is 0 Å². The molecule has 0 N–H and O–H groups in total. The van der Waals surface area contributed by atoms with Crippen molar-refractivity contribution in [2.75, 3.05) is 0 Å². The van der Waals surface area contributed by atoms with E-state index in [2.05, 4.69) is 114 Å². The van der Waals surface area contributed by atoms with Crippen molar-refractivity contribution < 1.29 is 0 Å². The van der Waals surface area contributed by atoms with Crippen LogP contribution in [0.4, 0.5) is 17.1 Å². The molecule has 3 heterocycles. The molecule has 0 aliphatic rings. The molecular formula is C64H34N8. The summed E-state index contributed by atoms with van der Waals surface area (Å²) in [5.41, 5.74) is 16.2. The monoisotopic (exact) mass is 914 g/mol. The first kappa shape index (κ1) is 42.5. The molecule has 0 spiro atoms. The second kappa shape index (κ2) is 17.4. The lowest BCUT2D eigenvalue weighted by molar-refractivity contribution is 1.10. The molecule has 0 bridgehead atoms. The lowest BCUT2D eigenvalue weighted by atomic mass is 9.97. The molecule has 8 nitrogen and oxygen atoms in total. The van der Waals surface area contributed by atoms with Gasteiger partial charge in [-0.1, -0.05) is 109 Å². The van der Waals surface area contributed by atoms with Gasteiger partial charge in [-0.15, -0.1) is 0 Å². The maximum Gasteiger partial charge on any atom is 0.197 e. The van der Waals surface area contributed by atoms with E-state index in [1.165, 1.54) is 0 Å². The molecule has 330 valence electrons. The first-order valence-electron chi connectivity index (χ1n) is 23.1. The minimum atomic E-state index is 0.450. The standard InChI is InChI=1S/C64H34N8/c1-67-56-18-10-8-16-49(56)43-22-26-60-54(34-43)52-32-41(47-14-6-4-12-45(47)38-65)20-24-59(52)71(60)63-36-51(40-28-30-70-31-29-40)58(69-3)37-64(63)72-61-25-21-42(48-15-7-5-13-46(48)39-66)33-53(61)55-35-44(23-27-62(55)72)50-17-9-11-19-57(50)68-2/h4-37H. The van der Waals surface area contributed by atoms with Gasteiger partial charge in [0.1, 0.15) is 0 Å². The Morgan fingerprint density at radius 1 is 0.347 bits per heavy atom. The Morgan fingerprint density at radius 3 is 1.11 bits per heavy atom. The van der Waals surface area contributed by atoms with Gasteiger partial charge in [0.05, 0.1) is 76.4 Å². The fourth-order valence-electron chi connectivity index (χ4n) is 10.3. The van der Waals surface area contributed by atoms with Crippen LogP contribution in [-0.2, 0) is 0 Å². The topological polar surface area (TPSA) is 83.4 Å².